The van der Waals surface area contributed by atoms with Crippen molar-refractivity contribution in [1.82, 2.24) is 0 Å². The Morgan fingerprint density at radius 3 is 1.91 bits per heavy atom. The van der Waals surface area contributed by atoms with Gasteiger partial charge < -0.3 is 24.1 Å². The third-order valence-corrected chi connectivity index (χ3v) is 13.0. The van der Waals surface area contributed by atoms with E-state index < -0.39 is 0 Å². The van der Waals surface area contributed by atoms with Crippen molar-refractivity contribution in [3.05, 3.63) is 212 Å². The molecule has 0 saturated heterocycles. The number of nitrogens with zero attached hydrogens (tertiary/aromatic N) is 1. The molecule has 0 atom stereocenters. The van der Waals surface area contributed by atoms with Gasteiger partial charge >= 0.3 is 0 Å². The SMILES string of the molecule is Cc1cc(-c2ccccc2)ccc1N1c2cc3c(cc2Bc2c(-c4c(Nc5cccc6c5oc5ccccc56)ccc5ccccc45)cc(-c4ccccc4)cc21)Oc1ccccc1O3. The van der Waals surface area contributed by atoms with E-state index in [0.29, 0.717) is 30.3 Å². The Balaban J connectivity index is 1.08. The highest BCUT2D eigenvalue weighted by atomic mass is 16.6. The number of ether oxygens (including phenoxy) is 2. The van der Waals surface area contributed by atoms with E-state index in [4.69, 9.17) is 13.9 Å². The van der Waals surface area contributed by atoms with Gasteiger partial charge in [-0.25, -0.2) is 0 Å². The van der Waals surface area contributed by atoms with Gasteiger partial charge in [-0.1, -0.05) is 145 Å². The number of furan rings is 1. The first-order valence-corrected chi connectivity index (χ1v) is 22.1. The fourth-order valence-corrected chi connectivity index (χ4v) is 9.97. The largest absolute Gasteiger partial charge is 0.454 e. The Hall–Kier alpha value is -8.48. The summed E-state index contributed by atoms with van der Waals surface area (Å²) >= 11 is 0. The second kappa shape index (κ2) is 14.8. The van der Waals surface area contributed by atoms with Crippen molar-refractivity contribution in [3.63, 3.8) is 0 Å². The first-order chi connectivity index (χ1) is 32.1. The van der Waals surface area contributed by atoms with Crippen molar-refractivity contribution >= 4 is 79.4 Å². The van der Waals surface area contributed by atoms with E-state index in [9.17, 15) is 0 Å². The molecule has 0 radical (unpaired) electrons. The highest BCUT2D eigenvalue weighted by molar-refractivity contribution is 6.73. The van der Waals surface area contributed by atoms with Crippen LogP contribution in [-0.2, 0) is 0 Å². The Kier molecular flexibility index (Phi) is 8.46. The zero-order valence-corrected chi connectivity index (χ0v) is 35.5. The number of nitrogens with one attached hydrogen (secondary N) is 1. The predicted octanol–water partition coefficient (Wildman–Crippen LogP) is 14.9. The van der Waals surface area contributed by atoms with Crippen molar-refractivity contribution in [2.45, 2.75) is 6.92 Å². The topological polar surface area (TPSA) is 46.9 Å². The molecule has 0 fully saturated rings. The van der Waals surface area contributed by atoms with Gasteiger partial charge in [0.15, 0.2) is 35.9 Å². The summed E-state index contributed by atoms with van der Waals surface area (Å²) in [6.45, 7) is 2.22. The van der Waals surface area contributed by atoms with Crippen molar-refractivity contribution in [2.75, 3.05) is 10.2 Å². The molecule has 1 aromatic heterocycles. The van der Waals surface area contributed by atoms with Crippen LogP contribution in [0.15, 0.2) is 211 Å². The normalized spacial score (nSPS) is 12.4. The van der Waals surface area contributed by atoms with Crippen molar-refractivity contribution < 1.29 is 13.9 Å². The minimum absolute atomic E-state index is 0.660. The molecule has 65 heavy (non-hydrogen) atoms. The number of aryl methyl sites for hydroxylation is 1. The highest BCUT2D eigenvalue weighted by Gasteiger charge is 2.33. The van der Waals surface area contributed by atoms with E-state index in [-0.39, 0.29) is 0 Å². The lowest BCUT2D eigenvalue weighted by atomic mass is 9.57. The van der Waals surface area contributed by atoms with Crippen LogP contribution in [0.1, 0.15) is 5.56 Å². The third kappa shape index (κ3) is 6.17. The molecule has 3 heterocycles. The van der Waals surface area contributed by atoms with Gasteiger partial charge in [0.2, 0.25) is 0 Å². The average molecular weight is 835 g/mol. The minimum atomic E-state index is 0.660. The maximum atomic E-state index is 6.61. The van der Waals surface area contributed by atoms with Crippen LogP contribution in [0.2, 0.25) is 0 Å². The summed E-state index contributed by atoms with van der Waals surface area (Å²) < 4.78 is 19.8. The maximum Gasteiger partial charge on any atom is 0.198 e. The molecule has 0 aliphatic carbocycles. The zero-order valence-electron chi connectivity index (χ0n) is 35.5. The van der Waals surface area contributed by atoms with Gasteiger partial charge in [0.1, 0.15) is 5.58 Å². The predicted molar refractivity (Wildman–Crippen MR) is 270 cm³/mol. The zero-order chi connectivity index (χ0) is 43.0. The molecule has 0 unspecified atom stereocenters. The van der Waals surface area contributed by atoms with Crippen LogP contribution >= 0.6 is 0 Å². The van der Waals surface area contributed by atoms with Gasteiger partial charge in [0, 0.05) is 45.2 Å². The van der Waals surface area contributed by atoms with Crippen LogP contribution in [-0.4, -0.2) is 7.28 Å². The first kappa shape index (κ1) is 37.1. The number of rotatable bonds is 6. The molecule has 0 amide bonds. The number of anilines is 5. The van der Waals surface area contributed by atoms with E-state index in [2.05, 4.69) is 187 Å². The number of hydrogen-bond acceptors (Lipinski definition) is 5. The quantitative estimate of drug-likeness (QED) is 0.169. The van der Waals surface area contributed by atoms with Crippen molar-refractivity contribution in [1.29, 1.82) is 0 Å². The number of hydrogen-bond donors (Lipinski definition) is 1. The summed E-state index contributed by atoms with van der Waals surface area (Å²) in [5.74, 6) is 2.80. The summed E-state index contributed by atoms with van der Waals surface area (Å²) in [4.78, 5) is 2.45. The molecule has 1 N–H and O–H groups in total. The van der Waals surface area contributed by atoms with Gasteiger partial charge in [-0.2, -0.15) is 0 Å². The van der Waals surface area contributed by atoms with Crippen LogP contribution in [0.4, 0.5) is 28.4 Å². The summed E-state index contributed by atoms with van der Waals surface area (Å²) in [7, 11) is 0.660. The first-order valence-electron chi connectivity index (χ1n) is 22.1. The summed E-state index contributed by atoms with van der Waals surface area (Å²) in [5.41, 5.74) is 17.2. The molecule has 2 aliphatic rings. The van der Waals surface area contributed by atoms with Gasteiger partial charge in [0.05, 0.1) is 5.69 Å². The molecular weight excluding hydrogens is 795 g/mol. The molecule has 5 nitrogen and oxygen atoms in total. The second-order valence-electron chi connectivity index (χ2n) is 17.0. The lowest BCUT2D eigenvalue weighted by molar-refractivity contribution is 0.360. The van der Waals surface area contributed by atoms with E-state index in [1.807, 2.05) is 36.4 Å². The molecule has 6 heteroatoms. The van der Waals surface area contributed by atoms with E-state index >= 15 is 0 Å². The summed E-state index contributed by atoms with van der Waals surface area (Å²) in [6.07, 6.45) is 0. The van der Waals surface area contributed by atoms with Gasteiger partial charge in [-0.3, -0.25) is 0 Å². The minimum Gasteiger partial charge on any atom is -0.454 e. The molecule has 13 rings (SSSR count). The molecular formula is C59H39BN2O3. The Bertz CT molecular complexity index is 3690. The van der Waals surface area contributed by atoms with Crippen LogP contribution in [0, 0.1) is 6.92 Å². The molecule has 306 valence electrons. The number of para-hydroxylation sites is 4. The monoisotopic (exact) mass is 834 g/mol. The standard InChI is InChI=1S/C59H39BN2O3/c1-36-31-40(37-15-4-2-5-16-37)28-30-49(36)62-50-35-56-55(63-53-25-12-13-26-54(53)64-56)34-46(50)60-58-45(32-41(33-51(58)62)38-17-6-3-7-18-38)57-42-20-9-8-19-39(42)27-29-47(57)61-48-23-14-22-44-43-21-10-11-24-52(43)65-59(44)48/h2-35,60-61H,1H3. The van der Waals surface area contributed by atoms with Crippen molar-refractivity contribution in [3.8, 4) is 56.4 Å². The van der Waals surface area contributed by atoms with Gasteiger partial charge in [-0.05, 0) is 117 Å². The molecule has 10 aromatic carbocycles. The highest BCUT2D eigenvalue weighted by Crippen LogP contribution is 2.50. The molecule has 0 bridgehead atoms. The number of benzene rings is 10. The Morgan fingerprint density at radius 1 is 0.446 bits per heavy atom. The van der Waals surface area contributed by atoms with Crippen molar-refractivity contribution in [2.24, 2.45) is 0 Å². The maximum absolute atomic E-state index is 6.61. The van der Waals surface area contributed by atoms with Crippen LogP contribution in [0.5, 0.6) is 23.0 Å². The van der Waals surface area contributed by atoms with Crippen LogP contribution in [0.25, 0.3) is 66.1 Å². The lowest BCUT2D eigenvalue weighted by Gasteiger charge is -2.37. The smallest absolute Gasteiger partial charge is 0.198 e. The van der Waals surface area contributed by atoms with E-state index in [0.717, 1.165) is 94.4 Å². The molecule has 11 aromatic rings. The fourth-order valence-electron chi connectivity index (χ4n) is 9.97. The summed E-state index contributed by atoms with van der Waals surface area (Å²) in [5, 5.41) is 8.42. The molecule has 2 aliphatic heterocycles. The Labute approximate surface area is 377 Å². The Morgan fingerprint density at radius 2 is 1.12 bits per heavy atom. The molecule has 0 spiro atoms. The lowest BCUT2D eigenvalue weighted by Crippen LogP contribution is -2.41. The van der Waals surface area contributed by atoms with E-state index in [1.54, 1.807) is 0 Å². The van der Waals surface area contributed by atoms with Gasteiger partial charge in [0.25, 0.3) is 0 Å². The number of fused-ring (bicyclic) bond motifs is 8. The fraction of sp³-hybridized carbons (Fsp3) is 0.0169. The molecule has 0 saturated carbocycles. The van der Waals surface area contributed by atoms with Gasteiger partial charge in [-0.15, -0.1) is 0 Å². The second-order valence-corrected chi connectivity index (χ2v) is 17.0. The summed E-state index contributed by atoms with van der Waals surface area (Å²) in [6, 6.07) is 72.9. The third-order valence-electron chi connectivity index (χ3n) is 13.0. The average Bonchev–Trinajstić information content (AvgIpc) is 3.75. The van der Waals surface area contributed by atoms with E-state index in [1.165, 1.54) is 16.6 Å². The van der Waals surface area contributed by atoms with Crippen LogP contribution in [0.3, 0.4) is 0 Å². The van der Waals surface area contributed by atoms with Crippen LogP contribution < -0.4 is 30.6 Å².